The number of carboxylic acids is 1. The largest absolute Gasteiger partial charge is 0.489 e. The Kier molecular flexibility index (Phi) is 6.70. The van der Waals surface area contributed by atoms with Crippen molar-refractivity contribution in [3.8, 4) is 5.75 Å². The molecule has 4 aromatic rings. The first-order valence-corrected chi connectivity index (χ1v) is 11.8. The third-order valence-corrected chi connectivity index (χ3v) is 6.16. The average Bonchev–Trinajstić information content (AvgIpc) is 3.18. The molecule has 0 saturated carbocycles. The van der Waals surface area contributed by atoms with Gasteiger partial charge in [-0.1, -0.05) is 36.4 Å². The minimum Gasteiger partial charge on any atom is -0.489 e. The van der Waals surface area contributed by atoms with Crippen molar-refractivity contribution in [2.45, 2.75) is 38.8 Å². The number of ether oxygens (including phenoxy) is 2. The van der Waals surface area contributed by atoms with Crippen LogP contribution in [0.4, 0.5) is 4.79 Å². The summed E-state index contributed by atoms with van der Waals surface area (Å²) in [6, 6.07) is 14.6. The Hall–Kier alpha value is -3.65. The second kappa shape index (κ2) is 9.69. The lowest BCUT2D eigenvalue weighted by molar-refractivity contribution is 0.0485. The van der Waals surface area contributed by atoms with Crippen molar-refractivity contribution in [1.82, 2.24) is 10.3 Å². The maximum atomic E-state index is 12.5. The molecule has 34 heavy (non-hydrogen) atoms. The zero-order valence-electron chi connectivity index (χ0n) is 19.2. The Balaban J connectivity index is 1.60. The predicted molar refractivity (Wildman–Crippen MR) is 133 cm³/mol. The van der Waals surface area contributed by atoms with E-state index in [0.717, 1.165) is 15.6 Å². The van der Waals surface area contributed by atoms with Crippen LogP contribution < -0.4 is 10.1 Å². The second-order valence-corrected chi connectivity index (χ2v) is 9.85. The van der Waals surface area contributed by atoms with Gasteiger partial charge in [0.2, 0.25) is 0 Å². The highest BCUT2D eigenvalue weighted by atomic mass is 32.1. The monoisotopic (exact) mass is 478 g/mol. The van der Waals surface area contributed by atoms with Crippen molar-refractivity contribution in [3.05, 3.63) is 71.2 Å². The lowest BCUT2D eigenvalue weighted by atomic mass is 10.1. The number of aromatic nitrogens is 1. The number of nitrogens with one attached hydrogen (secondary N) is 1. The van der Waals surface area contributed by atoms with Crippen molar-refractivity contribution in [1.29, 1.82) is 0 Å². The van der Waals surface area contributed by atoms with E-state index in [1.165, 1.54) is 6.20 Å². The summed E-state index contributed by atoms with van der Waals surface area (Å²) in [5.41, 5.74) is 1.03. The number of amides is 1. The maximum absolute atomic E-state index is 12.5. The van der Waals surface area contributed by atoms with Gasteiger partial charge in [-0.05, 0) is 55.7 Å². The Morgan fingerprint density at radius 2 is 1.79 bits per heavy atom. The molecule has 2 aromatic heterocycles. The summed E-state index contributed by atoms with van der Waals surface area (Å²) in [5.74, 6) is -0.952. The zero-order chi connectivity index (χ0) is 24.3. The zero-order valence-corrected chi connectivity index (χ0v) is 20.0. The summed E-state index contributed by atoms with van der Waals surface area (Å²) in [6.07, 6.45) is 1.35. The quantitative estimate of drug-likeness (QED) is 0.356. The SMILES string of the molecule is CC(C)(C)OC(=O)NC(COc1cnc2ccccc2c1C(=O)O)Cc1csc2ccccc12. The van der Waals surface area contributed by atoms with Crippen LogP contribution in [0, 0.1) is 0 Å². The van der Waals surface area contributed by atoms with Crippen LogP contribution >= 0.6 is 11.3 Å². The number of carbonyl (C=O) groups is 2. The number of rotatable bonds is 7. The van der Waals surface area contributed by atoms with Crippen LogP contribution in [0.15, 0.2) is 60.1 Å². The highest BCUT2D eigenvalue weighted by molar-refractivity contribution is 7.17. The Morgan fingerprint density at radius 1 is 1.09 bits per heavy atom. The van der Waals surface area contributed by atoms with Gasteiger partial charge in [0.1, 0.15) is 17.8 Å². The van der Waals surface area contributed by atoms with E-state index in [1.54, 1.807) is 56.4 Å². The number of nitrogens with zero attached hydrogens (tertiary/aromatic N) is 1. The van der Waals surface area contributed by atoms with E-state index in [0.29, 0.717) is 17.3 Å². The summed E-state index contributed by atoms with van der Waals surface area (Å²) in [4.78, 5) is 28.9. The lowest BCUT2D eigenvalue weighted by Crippen LogP contribution is -2.43. The van der Waals surface area contributed by atoms with E-state index in [2.05, 4.69) is 21.7 Å². The number of fused-ring (bicyclic) bond motifs is 2. The first-order valence-electron chi connectivity index (χ1n) is 10.9. The molecule has 176 valence electrons. The fourth-order valence-corrected chi connectivity index (χ4v) is 4.70. The second-order valence-electron chi connectivity index (χ2n) is 8.94. The van der Waals surface area contributed by atoms with Crippen LogP contribution in [0.1, 0.15) is 36.7 Å². The molecule has 1 amide bonds. The molecule has 0 spiro atoms. The first-order chi connectivity index (χ1) is 16.2. The standard InChI is InChI=1S/C26H26N2O5S/c1-26(2,3)33-25(31)28-17(12-16-15-34-22-11-7-5-8-18(16)22)14-32-21-13-27-20-10-6-4-9-19(20)23(21)24(29)30/h4-11,13,15,17H,12,14H2,1-3H3,(H,28,31)(H,29,30). The van der Waals surface area contributed by atoms with Gasteiger partial charge in [-0.15, -0.1) is 11.3 Å². The summed E-state index contributed by atoms with van der Waals surface area (Å²) < 4.78 is 12.5. The van der Waals surface area contributed by atoms with Crippen LogP contribution in [-0.4, -0.2) is 40.4 Å². The molecule has 0 saturated heterocycles. The van der Waals surface area contributed by atoms with Gasteiger partial charge in [-0.2, -0.15) is 0 Å². The minimum atomic E-state index is -1.10. The number of thiophene rings is 1. The van der Waals surface area contributed by atoms with Gasteiger partial charge in [-0.25, -0.2) is 9.59 Å². The molecule has 7 nitrogen and oxygen atoms in total. The number of benzene rings is 2. The third-order valence-electron chi connectivity index (χ3n) is 5.14. The molecule has 0 aliphatic heterocycles. The molecule has 0 radical (unpaired) electrons. The van der Waals surface area contributed by atoms with Crippen LogP contribution in [-0.2, 0) is 11.2 Å². The van der Waals surface area contributed by atoms with E-state index in [-0.39, 0.29) is 17.9 Å². The fraction of sp³-hybridized carbons (Fsp3) is 0.269. The van der Waals surface area contributed by atoms with Crippen LogP contribution in [0.3, 0.4) is 0 Å². The predicted octanol–water partition coefficient (Wildman–Crippen LogP) is 5.66. The smallest absolute Gasteiger partial charge is 0.408 e. The molecule has 0 aliphatic rings. The lowest BCUT2D eigenvalue weighted by Gasteiger charge is -2.24. The number of para-hydroxylation sites is 1. The van der Waals surface area contributed by atoms with E-state index >= 15 is 0 Å². The molecule has 2 heterocycles. The Morgan fingerprint density at radius 3 is 2.53 bits per heavy atom. The summed E-state index contributed by atoms with van der Waals surface area (Å²) in [6.45, 7) is 5.43. The summed E-state index contributed by atoms with van der Waals surface area (Å²) in [5, 5.41) is 16.4. The Bertz CT molecular complexity index is 1340. The van der Waals surface area contributed by atoms with Gasteiger partial charge in [0.25, 0.3) is 0 Å². The summed E-state index contributed by atoms with van der Waals surface area (Å²) in [7, 11) is 0. The first kappa shape index (κ1) is 23.5. The average molecular weight is 479 g/mol. The van der Waals surface area contributed by atoms with Gasteiger partial charge in [0, 0.05) is 10.1 Å². The molecule has 2 N–H and O–H groups in total. The van der Waals surface area contributed by atoms with Gasteiger partial charge < -0.3 is 19.9 Å². The normalized spacial score (nSPS) is 12.4. The minimum absolute atomic E-state index is 0.0441. The van der Waals surface area contributed by atoms with Crippen molar-refractivity contribution >= 4 is 44.4 Å². The maximum Gasteiger partial charge on any atom is 0.408 e. The van der Waals surface area contributed by atoms with Crippen molar-refractivity contribution < 1.29 is 24.2 Å². The number of carbonyl (C=O) groups excluding carboxylic acids is 1. The number of aromatic carboxylic acids is 1. The molecule has 4 rings (SSSR count). The van der Waals surface area contributed by atoms with E-state index in [4.69, 9.17) is 9.47 Å². The molecular formula is C26H26N2O5S. The third kappa shape index (κ3) is 5.46. The number of pyridine rings is 1. The van der Waals surface area contributed by atoms with Gasteiger partial charge in [0.15, 0.2) is 5.75 Å². The van der Waals surface area contributed by atoms with Gasteiger partial charge in [0.05, 0.1) is 17.8 Å². The fourth-order valence-electron chi connectivity index (χ4n) is 3.73. The molecule has 0 aliphatic carbocycles. The molecule has 1 unspecified atom stereocenters. The highest BCUT2D eigenvalue weighted by Crippen LogP contribution is 2.28. The number of alkyl carbamates (subject to hydrolysis) is 1. The van der Waals surface area contributed by atoms with Gasteiger partial charge >= 0.3 is 12.1 Å². The topological polar surface area (TPSA) is 97.8 Å². The summed E-state index contributed by atoms with van der Waals surface area (Å²) >= 11 is 1.63. The van der Waals surface area contributed by atoms with Crippen molar-refractivity contribution in [3.63, 3.8) is 0 Å². The van der Waals surface area contributed by atoms with Crippen LogP contribution in [0.25, 0.3) is 21.0 Å². The van der Waals surface area contributed by atoms with E-state index in [9.17, 15) is 14.7 Å². The molecule has 1 atom stereocenters. The van der Waals surface area contributed by atoms with Crippen molar-refractivity contribution in [2.75, 3.05) is 6.61 Å². The highest BCUT2D eigenvalue weighted by Gasteiger charge is 2.23. The molecule has 2 aromatic carbocycles. The van der Waals surface area contributed by atoms with Crippen LogP contribution in [0.5, 0.6) is 5.75 Å². The Labute approximate surface area is 201 Å². The number of hydrogen-bond donors (Lipinski definition) is 2. The molecule has 8 heteroatoms. The van der Waals surface area contributed by atoms with E-state index < -0.39 is 23.7 Å². The number of hydrogen-bond acceptors (Lipinski definition) is 6. The van der Waals surface area contributed by atoms with Crippen LogP contribution in [0.2, 0.25) is 0 Å². The van der Waals surface area contributed by atoms with Gasteiger partial charge in [-0.3, -0.25) is 4.98 Å². The number of carboxylic acid groups (broad SMARTS) is 1. The molecular weight excluding hydrogens is 452 g/mol. The molecule has 0 fully saturated rings. The molecule has 0 bridgehead atoms. The van der Waals surface area contributed by atoms with E-state index in [1.807, 2.05) is 18.2 Å². The van der Waals surface area contributed by atoms with Crippen molar-refractivity contribution in [2.24, 2.45) is 0 Å².